The smallest absolute Gasteiger partial charge is 0.233 e. The van der Waals surface area contributed by atoms with E-state index in [0.29, 0.717) is 37.5 Å². The molecule has 250 valence electrons. The van der Waals surface area contributed by atoms with Crippen LogP contribution in [0.1, 0.15) is 95.7 Å². The molecule has 0 spiro atoms. The van der Waals surface area contributed by atoms with Gasteiger partial charge in [-0.1, -0.05) is 52.7 Å². The van der Waals surface area contributed by atoms with Crippen molar-refractivity contribution in [3.8, 4) is 11.5 Å². The van der Waals surface area contributed by atoms with Crippen LogP contribution in [0.3, 0.4) is 0 Å². The van der Waals surface area contributed by atoms with Crippen molar-refractivity contribution in [1.82, 2.24) is 0 Å². The van der Waals surface area contributed by atoms with Crippen LogP contribution in [-0.4, -0.2) is 32.2 Å². The molecule has 3 aromatic carbocycles. The van der Waals surface area contributed by atoms with Crippen LogP contribution < -0.4 is 14.4 Å². The van der Waals surface area contributed by atoms with E-state index in [1.807, 2.05) is 43.4 Å². The van der Waals surface area contributed by atoms with Crippen LogP contribution in [0.4, 0.5) is 14.5 Å². The van der Waals surface area contributed by atoms with Gasteiger partial charge in [-0.25, -0.2) is 8.78 Å². The molecule has 1 amide bonds. The van der Waals surface area contributed by atoms with E-state index in [4.69, 9.17) is 9.47 Å². The van der Waals surface area contributed by atoms with Gasteiger partial charge in [-0.05, 0) is 110 Å². The summed E-state index contributed by atoms with van der Waals surface area (Å²) in [5, 5.41) is -0.302. The van der Waals surface area contributed by atoms with Gasteiger partial charge in [0.05, 0.1) is 25.2 Å². The Balaban J connectivity index is 1.69. The third-order valence-corrected chi connectivity index (χ3v) is 13.2. The third-order valence-electron chi connectivity index (χ3n) is 9.72. The lowest BCUT2D eigenvalue weighted by Crippen LogP contribution is -2.55. The number of rotatable bonds is 17. The number of β-lactam (4-membered cyclic amide) rings is 1. The first-order chi connectivity index (χ1) is 21.9. The molecular formula is C38H51F2NO4Si. The lowest BCUT2D eigenvalue weighted by atomic mass is 9.75. The molecular weight excluding hydrogens is 601 g/mol. The van der Waals surface area contributed by atoms with E-state index in [1.54, 1.807) is 17.0 Å². The van der Waals surface area contributed by atoms with Gasteiger partial charge in [-0.15, -0.1) is 0 Å². The highest BCUT2D eigenvalue weighted by Gasteiger charge is 2.50. The Morgan fingerprint density at radius 2 is 1.48 bits per heavy atom. The third kappa shape index (κ3) is 8.56. The SMILES string of the molecule is CCCCOc1ccc([C@@H]2C(CC[C@H](CC(C)(C)[Si](C)(C)O)c3ccc(F)cc3)C(=O)N2c2ccc(F)cc2)c(OCCCC)c1. The summed E-state index contributed by atoms with van der Waals surface area (Å²) in [7, 11) is -2.53. The number of unbranched alkanes of at least 4 members (excludes halogenated alkanes) is 2. The summed E-state index contributed by atoms with van der Waals surface area (Å²) in [5.74, 6) is 0.444. The Morgan fingerprint density at radius 3 is 2.07 bits per heavy atom. The minimum Gasteiger partial charge on any atom is -0.493 e. The lowest BCUT2D eigenvalue weighted by molar-refractivity contribution is -0.130. The summed E-state index contributed by atoms with van der Waals surface area (Å²) < 4.78 is 40.2. The Kier molecular flexibility index (Phi) is 12.1. The predicted octanol–water partition coefficient (Wildman–Crippen LogP) is 9.96. The number of amides is 1. The van der Waals surface area contributed by atoms with Gasteiger partial charge in [-0.3, -0.25) is 4.79 Å². The quantitative estimate of drug-likeness (QED) is 0.0897. The van der Waals surface area contributed by atoms with Gasteiger partial charge in [0.25, 0.3) is 0 Å². The molecule has 46 heavy (non-hydrogen) atoms. The monoisotopic (exact) mass is 651 g/mol. The van der Waals surface area contributed by atoms with Crippen molar-refractivity contribution in [2.45, 2.75) is 103 Å². The first-order valence-electron chi connectivity index (χ1n) is 16.8. The van der Waals surface area contributed by atoms with E-state index in [-0.39, 0.29) is 40.5 Å². The standard InChI is InChI=1S/C38H51F2NO4Si/c1-7-9-23-44-32-20-22-33(35(25-32)45-24-10-8-2)36-34(37(42)41(36)31-18-16-30(40)17-19-31)21-13-28(26-38(3,4)46(5,6)43)27-11-14-29(39)15-12-27/h11-12,14-20,22,25,28,34,36,43H,7-10,13,21,23-24,26H2,1-6H3/t28-,34?,36-/m1/s1. The molecule has 1 fully saturated rings. The largest absolute Gasteiger partial charge is 0.493 e. The Hall–Kier alpha value is -3.23. The number of halogens is 2. The molecule has 1 N–H and O–H groups in total. The number of carbonyl (C=O) groups excluding carboxylic acids is 1. The number of anilines is 1. The minimum absolute atomic E-state index is 0.0200. The molecule has 0 aliphatic carbocycles. The number of carbonyl (C=O) groups is 1. The molecule has 0 saturated carbocycles. The fourth-order valence-corrected chi connectivity index (χ4v) is 6.82. The number of hydrogen-bond acceptors (Lipinski definition) is 4. The highest BCUT2D eigenvalue weighted by molar-refractivity contribution is 6.72. The van der Waals surface area contributed by atoms with Crippen LogP contribution in [0.25, 0.3) is 0 Å². The van der Waals surface area contributed by atoms with Crippen LogP contribution in [0.15, 0.2) is 66.7 Å². The van der Waals surface area contributed by atoms with Crippen LogP contribution in [0.5, 0.6) is 11.5 Å². The zero-order valence-electron chi connectivity index (χ0n) is 28.3. The number of hydrogen-bond donors (Lipinski definition) is 1. The molecule has 8 heteroatoms. The Bertz CT molecular complexity index is 1420. The van der Waals surface area contributed by atoms with E-state index < -0.39 is 8.32 Å². The molecule has 0 aromatic heterocycles. The summed E-state index contributed by atoms with van der Waals surface area (Å²) in [4.78, 5) is 26.8. The number of benzene rings is 3. The molecule has 1 heterocycles. The van der Waals surface area contributed by atoms with E-state index in [9.17, 15) is 18.4 Å². The van der Waals surface area contributed by atoms with Crippen LogP contribution in [-0.2, 0) is 4.79 Å². The molecule has 0 bridgehead atoms. The zero-order chi connectivity index (χ0) is 33.5. The van der Waals surface area contributed by atoms with Gasteiger partial charge in [0.2, 0.25) is 5.91 Å². The van der Waals surface area contributed by atoms with E-state index in [1.165, 1.54) is 24.3 Å². The van der Waals surface area contributed by atoms with Gasteiger partial charge in [-0.2, -0.15) is 0 Å². The fraction of sp³-hybridized carbons (Fsp3) is 0.500. The van der Waals surface area contributed by atoms with Crippen molar-refractivity contribution < 1.29 is 27.8 Å². The van der Waals surface area contributed by atoms with Crippen molar-refractivity contribution in [2.24, 2.45) is 5.92 Å². The molecule has 5 nitrogen and oxygen atoms in total. The molecule has 1 unspecified atom stereocenters. The molecule has 1 saturated heterocycles. The first-order valence-corrected chi connectivity index (χ1v) is 19.8. The van der Waals surface area contributed by atoms with Crippen molar-refractivity contribution in [3.05, 3.63) is 89.5 Å². The normalized spacial score (nSPS) is 17.5. The molecule has 1 aliphatic heterocycles. The second-order valence-electron chi connectivity index (χ2n) is 13.8. The fourth-order valence-electron chi connectivity index (χ4n) is 6.08. The molecule has 0 radical (unpaired) electrons. The Morgan fingerprint density at radius 1 is 0.891 bits per heavy atom. The average Bonchev–Trinajstić information content (AvgIpc) is 3.01. The van der Waals surface area contributed by atoms with Crippen molar-refractivity contribution >= 4 is 19.9 Å². The Labute approximate surface area is 275 Å². The highest BCUT2D eigenvalue weighted by Crippen LogP contribution is 2.51. The van der Waals surface area contributed by atoms with Crippen LogP contribution in [0.2, 0.25) is 18.1 Å². The van der Waals surface area contributed by atoms with Crippen molar-refractivity contribution in [3.63, 3.8) is 0 Å². The molecule has 3 atom stereocenters. The summed E-state index contributed by atoms with van der Waals surface area (Å²) in [6, 6.07) is 18.2. The van der Waals surface area contributed by atoms with Gasteiger partial charge < -0.3 is 19.2 Å². The first kappa shape index (κ1) is 35.6. The lowest BCUT2D eigenvalue weighted by Gasteiger charge is -2.48. The van der Waals surface area contributed by atoms with E-state index >= 15 is 0 Å². The summed E-state index contributed by atoms with van der Waals surface area (Å²) in [6.07, 6.45) is 5.87. The summed E-state index contributed by atoms with van der Waals surface area (Å²) in [5.41, 5.74) is 2.54. The topological polar surface area (TPSA) is 59.0 Å². The molecule has 4 rings (SSSR count). The zero-order valence-corrected chi connectivity index (χ0v) is 29.3. The average molecular weight is 652 g/mol. The maximum Gasteiger partial charge on any atom is 0.233 e. The number of nitrogens with zero attached hydrogens (tertiary/aromatic N) is 1. The van der Waals surface area contributed by atoms with Crippen LogP contribution in [0, 0.1) is 17.6 Å². The summed E-state index contributed by atoms with van der Waals surface area (Å²) in [6.45, 7) is 13.5. The predicted molar refractivity (Wildman–Crippen MR) is 184 cm³/mol. The van der Waals surface area contributed by atoms with Gasteiger partial charge in [0.1, 0.15) is 23.1 Å². The van der Waals surface area contributed by atoms with Gasteiger partial charge >= 0.3 is 0 Å². The second-order valence-corrected chi connectivity index (χ2v) is 18.3. The van der Waals surface area contributed by atoms with E-state index in [2.05, 4.69) is 27.7 Å². The van der Waals surface area contributed by atoms with Crippen LogP contribution >= 0.6 is 0 Å². The van der Waals surface area contributed by atoms with E-state index in [0.717, 1.165) is 49.0 Å². The van der Waals surface area contributed by atoms with Gasteiger partial charge in [0, 0.05) is 17.3 Å². The minimum atomic E-state index is -2.53. The maximum atomic E-state index is 14.0. The van der Waals surface area contributed by atoms with Gasteiger partial charge in [0.15, 0.2) is 8.32 Å². The van der Waals surface area contributed by atoms with Crippen molar-refractivity contribution in [2.75, 3.05) is 18.1 Å². The van der Waals surface area contributed by atoms with Crippen molar-refractivity contribution in [1.29, 1.82) is 0 Å². The molecule has 3 aromatic rings. The maximum absolute atomic E-state index is 14.0. The molecule has 1 aliphatic rings. The second kappa shape index (κ2) is 15.6. The highest BCUT2D eigenvalue weighted by atomic mass is 28.4. The summed E-state index contributed by atoms with van der Waals surface area (Å²) >= 11 is 0. The number of ether oxygens (including phenoxy) is 2.